The van der Waals surface area contributed by atoms with Gasteiger partial charge in [-0.1, -0.05) is 0 Å². The van der Waals surface area contributed by atoms with Crippen LogP contribution in [0, 0.1) is 5.82 Å². The molecule has 92 valence electrons. The number of pyridine rings is 1. The molecule has 0 aromatic carbocycles. The molecule has 0 fully saturated rings. The van der Waals surface area contributed by atoms with Crippen LogP contribution in [-0.4, -0.2) is 20.9 Å². The normalized spacial score (nSPS) is 10.1. The van der Waals surface area contributed by atoms with Crippen LogP contribution in [0.2, 0.25) is 0 Å². The van der Waals surface area contributed by atoms with Gasteiger partial charge in [-0.2, -0.15) is 0 Å². The number of nitrogens with two attached hydrogens (primary N) is 1. The topological polar surface area (TPSA) is 93.8 Å². The van der Waals surface area contributed by atoms with Crippen LogP contribution in [0.3, 0.4) is 0 Å². The van der Waals surface area contributed by atoms with Gasteiger partial charge in [0.05, 0.1) is 12.4 Å². The second kappa shape index (κ2) is 5.05. The zero-order valence-corrected chi connectivity index (χ0v) is 10.5. The van der Waals surface area contributed by atoms with Gasteiger partial charge in [-0.15, -0.1) is 0 Å². The molecule has 2 aromatic rings. The Labute approximate surface area is 110 Å². The summed E-state index contributed by atoms with van der Waals surface area (Å²) in [6, 6.07) is 2.39. The van der Waals surface area contributed by atoms with Gasteiger partial charge < -0.3 is 11.1 Å². The zero-order chi connectivity index (χ0) is 13.1. The molecule has 0 aliphatic carbocycles. The Hall–Kier alpha value is -2.09. The van der Waals surface area contributed by atoms with Gasteiger partial charge in [0.25, 0.3) is 5.91 Å². The number of amides is 1. The molecule has 0 aliphatic heterocycles. The van der Waals surface area contributed by atoms with E-state index in [1.807, 2.05) is 0 Å². The second-order valence-electron chi connectivity index (χ2n) is 3.24. The first kappa shape index (κ1) is 12.4. The predicted octanol–water partition coefficient (Wildman–Crippen LogP) is 1.61. The standard InChI is InChI=1S/C10H7BrFN5O/c11-7-4-15-9(8(13)16-7)17-10(18)6-2-1-5(12)3-14-6/h1-4H,(H2,13,16)(H,15,17,18). The number of nitrogen functional groups attached to an aromatic ring is 1. The third-order valence-electron chi connectivity index (χ3n) is 1.96. The first-order valence-electron chi connectivity index (χ1n) is 4.77. The van der Waals surface area contributed by atoms with Crippen molar-refractivity contribution >= 4 is 33.5 Å². The molecule has 0 saturated carbocycles. The minimum atomic E-state index is -0.543. The summed E-state index contributed by atoms with van der Waals surface area (Å²) >= 11 is 3.10. The van der Waals surface area contributed by atoms with Crippen molar-refractivity contribution in [1.82, 2.24) is 15.0 Å². The van der Waals surface area contributed by atoms with Crippen molar-refractivity contribution in [2.75, 3.05) is 11.1 Å². The molecule has 3 N–H and O–H groups in total. The van der Waals surface area contributed by atoms with Crippen LogP contribution < -0.4 is 11.1 Å². The number of aromatic nitrogens is 3. The van der Waals surface area contributed by atoms with Crippen molar-refractivity contribution in [2.45, 2.75) is 0 Å². The van der Waals surface area contributed by atoms with E-state index in [-0.39, 0.29) is 17.3 Å². The van der Waals surface area contributed by atoms with E-state index in [9.17, 15) is 9.18 Å². The van der Waals surface area contributed by atoms with Crippen molar-refractivity contribution in [3.63, 3.8) is 0 Å². The number of rotatable bonds is 2. The quantitative estimate of drug-likeness (QED) is 0.878. The summed E-state index contributed by atoms with van der Waals surface area (Å²) in [5, 5.41) is 2.43. The number of carbonyl (C=O) groups is 1. The molecule has 18 heavy (non-hydrogen) atoms. The molecule has 0 spiro atoms. The third kappa shape index (κ3) is 2.77. The summed E-state index contributed by atoms with van der Waals surface area (Å²) < 4.78 is 13.1. The Morgan fingerprint density at radius 3 is 2.72 bits per heavy atom. The predicted molar refractivity (Wildman–Crippen MR) is 66.3 cm³/mol. The molecule has 2 rings (SSSR count). The molecule has 6 nitrogen and oxygen atoms in total. The van der Waals surface area contributed by atoms with Crippen LogP contribution in [0.1, 0.15) is 10.5 Å². The smallest absolute Gasteiger partial charge is 0.275 e. The van der Waals surface area contributed by atoms with E-state index in [2.05, 4.69) is 36.2 Å². The summed E-state index contributed by atoms with van der Waals surface area (Å²) in [5.74, 6) is -0.873. The molecule has 0 aliphatic rings. The van der Waals surface area contributed by atoms with Crippen molar-refractivity contribution in [3.05, 3.63) is 40.6 Å². The molecule has 0 atom stereocenters. The van der Waals surface area contributed by atoms with E-state index in [4.69, 9.17) is 5.73 Å². The van der Waals surface area contributed by atoms with Gasteiger partial charge >= 0.3 is 0 Å². The molecular weight excluding hydrogens is 305 g/mol. The van der Waals surface area contributed by atoms with Crippen LogP contribution in [0.25, 0.3) is 0 Å². The molecule has 0 saturated heterocycles. The zero-order valence-electron chi connectivity index (χ0n) is 8.89. The fraction of sp³-hybridized carbons (Fsp3) is 0. The molecule has 1 amide bonds. The molecule has 0 unspecified atom stereocenters. The summed E-state index contributed by atoms with van der Waals surface area (Å²) in [6.45, 7) is 0. The SMILES string of the molecule is Nc1nc(Br)cnc1NC(=O)c1ccc(F)cn1. The van der Waals surface area contributed by atoms with E-state index in [0.717, 1.165) is 12.3 Å². The highest BCUT2D eigenvalue weighted by molar-refractivity contribution is 9.10. The fourth-order valence-electron chi connectivity index (χ4n) is 1.16. The number of anilines is 2. The lowest BCUT2D eigenvalue weighted by molar-refractivity contribution is 0.102. The number of hydrogen-bond donors (Lipinski definition) is 2. The average molecular weight is 312 g/mol. The Bertz CT molecular complexity index is 589. The lowest BCUT2D eigenvalue weighted by Crippen LogP contribution is -2.16. The van der Waals surface area contributed by atoms with Gasteiger partial charge in [-0.25, -0.2) is 19.3 Å². The molecule has 0 bridgehead atoms. The van der Waals surface area contributed by atoms with Gasteiger partial charge in [0.15, 0.2) is 11.6 Å². The van der Waals surface area contributed by atoms with Crippen molar-refractivity contribution < 1.29 is 9.18 Å². The highest BCUT2D eigenvalue weighted by Crippen LogP contribution is 2.15. The Balaban J connectivity index is 2.18. The summed E-state index contributed by atoms with van der Waals surface area (Å²) in [7, 11) is 0. The number of nitrogens with one attached hydrogen (secondary N) is 1. The highest BCUT2D eigenvalue weighted by Gasteiger charge is 2.11. The monoisotopic (exact) mass is 311 g/mol. The van der Waals surface area contributed by atoms with E-state index >= 15 is 0 Å². The van der Waals surface area contributed by atoms with E-state index < -0.39 is 11.7 Å². The Morgan fingerprint density at radius 2 is 2.11 bits per heavy atom. The average Bonchev–Trinajstić information content (AvgIpc) is 2.33. The van der Waals surface area contributed by atoms with Gasteiger partial charge in [-0.3, -0.25) is 4.79 Å². The Kier molecular flexibility index (Phi) is 3.47. The lowest BCUT2D eigenvalue weighted by atomic mass is 10.3. The molecule has 2 aromatic heterocycles. The van der Waals surface area contributed by atoms with Crippen LogP contribution in [-0.2, 0) is 0 Å². The fourth-order valence-corrected chi connectivity index (χ4v) is 1.45. The Morgan fingerprint density at radius 1 is 1.33 bits per heavy atom. The van der Waals surface area contributed by atoms with Gasteiger partial charge in [0.2, 0.25) is 0 Å². The van der Waals surface area contributed by atoms with Gasteiger partial charge in [0.1, 0.15) is 16.1 Å². The minimum absolute atomic E-state index is 0.0560. The third-order valence-corrected chi connectivity index (χ3v) is 2.34. The van der Waals surface area contributed by atoms with Gasteiger partial charge in [0, 0.05) is 0 Å². The molecular formula is C10H7BrFN5O. The van der Waals surface area contributed by atoms with Crippen molar-refractivity contribution in [2.24, 2.45) is 0 Å². The molecule has 0 radical (unpaired) electrons. The van der Waals surface area contributed by atoms with E-state index in [0.29, 0.717) is 4.60 Å². The summed E-state index contributed by atoms with van der Waals surface area (Å²) in [6.07, 6.45) is 2.34. The van der Waals surface area contributed by atoms with Crippen LogP contribution in [0.4, 0.5) is 16.0 Å². The number of nitrogens with zero attached hydrogens (tertiary/aromatic N) is 3. The highest BCUT2D eigenvalue weighted by atomic mass is 79.9. The first-order valence-corrected chi connectivity index (χ1v) is 5.56. The summed E-state index contributed by atoms with van der Waals surface area (Å²) in [4.78, 5) is 23.1. The molecule has 8 heteroatoms. The minimum Gasteiger partial charge on any atom is -0.381 e. The maximum Gasteiger partial charge on any atom is 0.275 e. The lowest BCUT2D eigenvalue weighted by Gasteiger charge is -2.05. The van der Waals surface area contributed by atoms with Crippen molar-refractivity contribution in [3.8, 4) is 0 Å². The molecule has 2 heterocycles. The van der Waals surface area contributed by atoms with Crippen LogP contribution in [0.15, 0.2) is 29.1 Å². The number of carbonyl (C=O) groups excluding carboxylic acids is 1. The summed E-state index contributed by atoms with van der Waals surface area (Å²) in [5.41, 5.74) is 5.63. The van der Waals surface area contributed by atoms with Crippen molar-refractivity contribution in [1.29, 1.82) is 0 Å². The maximum atomic E-state index is 12.6. The maximum absolute atomic E-state index is 12.6. The van der Waals surface area contributed by atoms with Crippen LogP contribution in [0.5, 0.6) is 0 Å². The van der Waals surface area contributed by atoms with E-state index in [1.54, 1.807) is 0 Å². The number of hydrogen-bond acceptors (Lipinski definition) is 5. The van der Waals surface area contributed by atoms with Gasteiger partial charge in [-0.05, 0) is 28.1 Å². The number of halogens is 2. The largest absolute Gasteiger partial charge is 0.381 e. The van der Waals surface area contributed by atoms with E-state index in [1.165, 1.54) is 12.3 Å². The first-order chi connectivity index (χ1) is 8.56. The second-order valence-corrected chi connectivity index (χ2v) is 4.05. The van der Waals surface area contributed by atoms with Crippen LogP contribution >= 0.6 is 15.9 Å².